The number of carbonyl (C=O) groups excluding carboxylic acids is 1. The molecule has 4 heteroatoms. The SMILES string of the molecule is CCCCCOc1ccc(NC(=O)CCCOc2cccc(C)c2)cc1. The van der Waals surface area contributed by atoms with Crippen LogP contribution in [0.25, 0.3) is 0 Å². The van der Waals surface area contributed by atoms with Crippen LogP contribution in [0.15, 0.2) is 48.5 Å². The largest absolute Gasteiger partial charge is 0.494 e. The zero-order chi connectivity index (χ0) is 18.6. The molecule has 0 saturated carbocycles. The minimum absolute atomic E-state index is 0.00513. The number of rotatable bonds is 11. The van der Waals surface area contributed by atoms with E-state index in [1.807, 2.05) is 55.5 Å². The van der Waals surface area contributed by atoms with Crippen LogP contribution in [-0.2, 0) is 4.79 Å². The number of carbonyl (C=O) groups is 1. The van der Waals surface area contributed by atoms with Crippen LogP contribution < -0.4 is 14.8 Å². The summed E-state index contributed by atoms with van der Waals surface area (Å²) >= 11 is 0. The topological polar surface area (TPSA) is 47.6 Å². The molecule has 0 radical (unpaired) electrons. The predicted octanol–water partition coefficient (Wildman–Crippen LogP) is 5.36. The zero-order valence-corrected chi connectivity index (χ0v) is 15.8. The van der Waals surface area contributed by atoms with Gasteiger partial charge in [0.05, 0.1) is 13.2 Å². The second-order valence-electron chi connectivity index (χ2n) is 6.40. The second kappa shape index (κ2) is 11.2. The van der Waals surface area contributed by atoms with Crippen molar-refractivity contribution in [3.63, 3.8) is 0 Å². The van der Waals surface area contributed by atoms with E-state index >= 15 is 0 Å². The van der Waals surface area contributed by atoms with E-state index in [1.165, 1.54) is 12.8 Å². The van der Waals surface area contributed by atoms with E-state index in [9.17, 15) is 4.79 Å². The molecule has 2 rings (SSSR count). The molecule has 0 atom stereocenters. The van der Waals surface area contributed by atoms with Crippen molar-refractivity contribution in [2.75, 3.05) is 18.5 Å². The number of amides is 1. The van der Waals surface area contributed by atoms with Gasteiger partial charge in [-0.15, -0.1) is 0 Å². The van der Waals surface area contributed by atoms with Crippen LogP contribution in [-0.4, -0.2) is 19.1 Å². The summed E-state index contributed by atoms with van der Waals surface area (Å²) in [5.41, 5.74) is 1.95. The van der Waals surface area contributed by atoms with E-state index in [1.54, 1.807) is 0 Å². The quantitative estimate of drug-likeness (QED) is 0.552. The van der Waals surface area contributed by atoms with Crippen molar-refractivity contribution in [2.24, 2.45) is 0 Å². The summed E-state index contributed by atoms with van der Waals surface area (Å²) < 4.78 is 11.3. The molecule has 0 bridgehead atoms. The molecule has 2 aromatic rings. The van der Waals surface area contributed by atoms with Crippen LogP contribution >= 0.6 is 0 Å². The molecule has 0 aliphatic carbocycles. The lowest BCUT2D eigenvalue weighted by Gasteiger charge is -2.09. The maximum Gasteiger partial charge on any atom is 0.224 e. The Balaban J connectivity index is 1.64. The van der Waals surface area contributed by atoms with Gasteiger partial charge < -0.3 is 14.8 Å². The van der Waals surface area contributed by atoms with Gasteiger partial charge in [-0.2, -0.15) is 0 Å². The molecule has 2 aromatic carbocycles. The maximum absolute atomic E-state index is 12.0. The van der Waals surface area contributed by atoms with Gasteiger partial charge >= 0.3 is 0 Å². The van der Waals surface area contributed by atoms with Gasteiger partial charge in [0.15, 0.2) is 0 Å². The number of aryl methyl sites for hydroxylation is 1. The van der Waals surface area contributed by atoms with Gasteiger partial charge in [-0.1, -0.05) is 31.9 Å². The van der Waals surface area contributed by atoms with E-state index in [-0.39, 0.29) is 5.91 Å². The Morgan fingerprint density at radius 2 is 1.65 bits per heavy atom. The van der Waals surface area contributed by atoms with Crippen LogP contribution in [0.2, 0.25) is 0 Å². The first-order chi connectivity index (χ1) is 12.7. The van der Waals surface area contributed by atoms with E-state index in [2.05, 4.69) is 12.2 Å². The number of hydrogen-bond donors (Lipinski definition) is 1. The Bertz CT molecular complexity index is 667. The summed E-state index contributed by atoms with van der Waals surface area (Å²) in [5, 5.41) is 2.90. The summed E-state index contributed by atoms with van der Waals surface area (Å²) in [6, 6.07) is 15.4. The minimum atomic E-state index is -0.00513. The Hall–Kier alpha value is -2.49. The Morgan fingerprint density at radius 1 is 0.923 bits per heavy atom. The number of hydrogen-bond acceptors (Lipinski definition) is 3. The lowest BCUT2D eigenvalue weighted by molar-refractivity contribution is -0.116. The number of ether oxygens (including phenoxy) is 2. The molecule has 4 nitrogen and oxygen atoms in total. The van der Waals surface area contributed by atoms with E-state index in [0.717, 1.165) is 35.8 Å². The standard InChI is InChI=1S/C22H29NO3/c1-3-4-5-15-25-20-13-11-19(12-14-20)23-22(24)10-7-16-26-21-9-6-8-18(2)17-21/h6,8-9,11-14,17H,3-5,7,10,15-16H2,1-2H3,(H,23,24). The zero-order valence-electron chi connectivity index (χ0n) is 15.8. The number of benzene rings is 2. The van der Waals surface area contributed by atoms with Crippen molar-refractivity contribution >= 4 is 11.6 Å². The Kier molecular flexibility index (Phi) is 8.53. The van der Waals surface area contributed by atoms with Gasteiger partial charge in [0.25, 0.3) is 0 Å². The van der Waals surface area contributed by atoms with Crippen molar-refractivity contribution in [2.45, 2.75) is 46.0 Å². The first kappa shape index (κ1) is 19.8. The van der Waals surface area contributed by atoms with Crippen molar-refractivity contribution in [3.8, 4) is 11.5 Å². The van der Waals surface area contributed by atoms with Crippen LogP contribution in [0.3, 0.4) is 0 Å². The fraction of sp³-hybridized carbons (Fsp3) is 0.409. The lowest BCUT2D eigenvalue weighted by atomic mass is 10.2. The molecule has 26 heavy (non-hydrogen) atoms. The molecule has 0 unspecified atom stereocenters. The third kappa shape index (κ3) is 7.60. The van der Waals surface area contributed by atoms with Crippen molar-refractivity contribution in [3.05, 3.63) is 54.1 Å². The number of unbranched alkanes of at least 4 members (excludes halogenated alkanes) is 2. The van der Waals surface area contributed by atoms with Crippen LogP contribution in [0.1, 0.15) is 44.6 Å². The minimum Gasteiger partial charge on any atom is -0.494 e. The third-order valence-corrected chi connectivity index (χ3v) is 3.96. The molecule has 0 heterocycles. The number of anilines is 1. The fourth-order valence-corrected chi connectivity index (χ4v) is 2.53. The third-order valence-electron chi connectivity index (χ3n) is 3.96. The van der Waals surface area contributed by atoms with Crippen molar-refractivity contribution in [1.29, 1.82) is 0 Å². The Morgan fingerprint density at radius 3 is 2.38 bits per heavy atom. The van der Waals surface area contributed by atoms with Gasteiger partial charge in [0, 0.05) is 12.1 Å². The van der Waals surface area contributed by atoms with E-state index in [4.69, 9.17) is 9.47 Å². The second-order valence-corrected chi connectivity index (χ2v) is 6.40. The monoisotopic (exact) mass is 355 g/mol. The number of nitrogens with one attached hydrogen (secondary N) is 1. The van der Waals surface area contributed by atoms with Crippen molar-refractivity contribution in [1.82, 2.24) is 0 Å². The van der Waals surface area contributed by atoms with Crippen molar-refractivity contribution < 1.29 is 14.3 Å². The fourth-order valence-electron chi connectivity index (χ4n) is 2.53. The summed E-state index contributed by atoms with van der Waals surface area (Å²) in [6.07, 6.45) is 4.55. The Labute approximate surface area is 156 Å². The normalized spacial score (nSPS) is 10.4. The molecular formula is C22H29NO3. The predicted molar refractivity (Wildman–Crippen MR) is 106 cm³/mol. The highest BCUT2D eigenvalue weighted by molar-refractivity contribution is 5.90. The lowest BCUT2D eigenvalue weighted by Crippen LogP contribution is -2.12. The molecule has 1 N–H and O–H groups in total. The van der Waals surface area contributed by atoms with Gasteiger partial charge in [0.2, 0.25) is 5.91 Å². The molecule has 0 aliphatic rings. The first-order valence-corrected chi connectivity index (χ1v) is 9.39. The summed E-state index contributed by atoms with van der Waals surface area (Å²) in [6.45, 7) is 5.47. The molecule has 0 fully saturated rings. The molecule has 0 aromatic heterocycles. The molecule has 0 saturated heterocycles. The van der Waals surface area contributed by atoms with Gasteiger partial charge in [-0.05, 0) is 61.7 Å². The first-order valence-electron chi connectivity index (χ1n) is 9.39. The molecule has 1 amide bonds. The van der Waals surface area contributed by atoms with Crippen LogP contribution in [0.4, 0.5) is 5.69 Å². The highest BCUT2D eigenvalue weighted by Gasteiger charge is 2.03. The summed E-state index contributed by atoms with van der Waals surface area (Å²) in [5.74, 6) is 1.68. The average Bonchev–Trinajstić information content (AvgIpc) is 2.64. The van der Waals surface area contributed by atoms with Gasteiger partial charge in [0.1, 0.15) is 11.5 Å². The van der Waals surface area contributed by atoms with E-state index in [0.29, 0.717) is 19.4 Å². The maximum atomic E-state index is 12.0. The molecule has 0 spiro atoms. The van der Waals surface area contributed by atoms with Crippen LogP contribution in [0.5, 0.6) is 11.5 Å². The smallest absolute Gasteiger partial charge is 0.224 e. The average molecular weight is 355 g/mol. The van der Waals surface area contributed by atoms with Gasteiger partial charge in [-0.3, -0.25) is 4.79 Å². The highest BCUT2D eigenvalue weighted by atomic mass is 16.5. The molecular weight excluding hydrogens is 326 g/mol. The molecule has 140 valence electrons. The summed E-state index contributed by atoms with van der Waals surface area (Å²) in [4.78, 5) is 12.0. The highest BCUT2D eigenvalue weighted by Crippen LogP contribution is 2.17. The van der Waals surface area contributed by atoms with Gasteiger partial charge in [-0.25, -0.2) is 0 Å². The molecule has 0 aliphatic heterocycles. The van der Waals surface area contributed by atoms with E-state index < -0.39 is 0 Å². The summed E-state index contributed by atoms with van der Waals surface area (Å²) in [7, 11) is 0. The van der Waals surface area contributed by atoms with Crippen LogP contribution in [0, 0.1) is 6.92 Å².